The van der Waals surface area contributed by atoms with Gasteiger partial charge in [-0.15, -0.1) is 23.1 Å². The van der Waals surface area contributed by atoms with Crippen molar-refractivity contribution in [2.45, 2.75) is 18.9 Å². The molecule has 8 nitrogen and oxygen atoms in total. The molecule has 1 aromatic heterocycles. The first-order chi connectivity index (χ1) is 16.0. The fourth-order valence-electron chi connectivity index (χ4n) is 3.35. The molecule has 2 heterocycles. The maximum absolute atomic E-state index is 14.6. The molecule has 0 bridgehead atoms. The van der Waals surface area contributed by atoms with Gasteiger partial charge in [0.1, 0.15) is 27.9 Å². The van der Waals surface area contributed by atoms with Crippen LogP contribution in [0.2, 0.25) is 0 Å². The highest BCUT2D eigenvalue weighted by molar-refractivity contribution is 9.10. The second-order valence-electron chi connectivity index (χ2n) is 7.31. The van der Waals surface area contributed by atoms with Crippen molar-refractivity contribution in [1.82, 2.24) is 0 Å². The summed E-state index contributed by atoms with van der Waals surface area (Å²) in [6, 6.07) is 12.6. The van der Waals surface area contributed by atoms with Crippen LogP contribution in [0.5, 0.6) is 5.75 Å². The van der Waals surface area contributed by atoms with Crippen molar-refractivity contribution in [3.05, 3.63) is 57.9 Å². The van der Waals surface area contributed by atoms with Gasteiger partial charge in [-0.25, -0.2) is 4.21 Å². The van der Waals surface area contributed by atoms with Crippen molar-refractivity contribution in [2.75, 3.05) is 31.4 Å². The van der Waals surface area contributed by atoms with Crippen molar-refractivity contribution in [3.8, 4) is 5.75 Å². The van der Waals surface area contributed by atoms with Crippen LogP contribution in [0.4, 0.5) is 5.69 Å². The van der Waals surface area contributed by atoms with E-state index in [2.05, 4.69) is 19.7 Å². The number of nitrogens with two attached hydrogens (primary N) is 1. The Morgan fingerprint density at radius 3 is 2.65 bits per heavy atom. The van der Waals surface area contributed by atoms with Gasteiger partial charge in [0.05, 0.1) is 36.0 Å². The summed E-state index contributed by atoms with van der Waals surface area (Å²) in [6.45, 7) is 1.12. The normalized spacial score (nSPS) is 15.2. The van der Waals surface area contributed by atoms with E-state index in [9.17, 15) is 12.6 Å². The number of amidine groups is 1. The zero-order valence-electron chi connectivity index (χ0n) is 18.1. The molecule has 1 aliphatic heterocycles. The smallest absolute Gasteiger partial charge is 0.290 e. The Labute approximate surface area is 215 Å². The minimum absolute atomic E-state index is 0.0842. The zero-order valence-corrected chi connectivity index (χ0v) is 23.0. The number of halogens is 1. The molecule has 3 aromatic rings. The summed E-state index contributed by atoms with van der Waals surface area (Å²) < 4.78 is 52.5. The van der Waals surface area contributed by atoms with E-state index >= 15 is 0 Å². The second kappa shape index (κ2) is 9.53. The monoisotopic (exact) mass is 600 g/mol. The molecule has 0 fully saturated rings. The Morgan fingerprint density at radius 2 is 1.97 bits per heavy atom. The molecular formula is C21H21BrN4O4S4. The zero-order chi connectivity index (χ0) is 24.7. The van der Waals surface area contributed by atoms with Gasteiger partial charge >= 0.3 is 0 Å². The lowest BCUT2D eigenvalue weighted by Crippen LogP contribution is -2.28. The number of benzene rings is 2. The Kier molecular flexibility index (Phi) is 7.02. The lowest BCUT2D eigenvalue weighted by molar-refractivity contribution is 0.311. The number of thiophene rings is 1. The van der Waals surface area contributed by atoms with Crippen molar-refractivity contribution in [2.24, 2.45) is 9.50 Å². The number of rotatable bonds is 6. The Hall–Kier alpha value is -2.06. The third kappa shape index (κ3) is 4.71. The molecule has 13 heteroatoms. The van der Waals surface area contributed by atoms with Gasteiger partial charge in [-0.1, -0.05) is 25.8 Å². The van der Waals surface area contributed by atoms with Gasteiger partial charge in [-0.3, -0.25) is 5.41 Å². The molecular weight excluding hydrogens is 580 g/mol. The molecule has 1 atom stereocenters. The van der Waals surface area contributed by atoms with Gasteiger partial charge in [-0.05, 0) is 48.7 Å². The Balaban J connectivity index is 1.99. The van der Waals surface area contributed by atoms with Gasteiger partial charge in [0.15, 0.2) is 0 Å². The number of nitrogen functional groups attached to an aromatic ring is 1. The summed E-state index contributed by atoms with van der Waals surface area (Å²) in [6.07, 6.45) is 1.79. The SMILES string of the molecule is CSc1sc(C(=N)N)cc1S(=O)(=NS(=O)(=O)c1ccc2c(c1)N(C)CCO2)c1cccc(Br)c1. The highest BCUT2D eigenvalue weighted by Gasteiger charge is 2.29. The number of anilines is 1. The van der Waals surface area contributed by atoms with Crippen LogP contribution in [0.25, 0.3) is 0 Å². The average Bonchev–Trinajstić information content (AvgIpc) is 3.24. The molecule has 0 aliphatic carbocycles. The number of nitrogens with one attached hydrogen (secondary N) is 1. The fraction of sp³-hybridized carbons (Fsp3) is 0.190. The van der Waals surface area contributed by atoms with Crippen LogP contribution in [0.3, 0.4) is 0 Å². The Morgan fingerprint density at radius 1 is 1.21 bits per heavy atom. The number of hydrogen-bond donors (Lipinski definition) is 2. The first-order valence-electron chi connectivity index (χ1n) is 9.84. The van der Waals surface area contributed by atoms with E-state index in [-0.39, 0.29) is 20.5 Å². The standard InChI is InChI=1S/C21H21BrN4O4S4/c1-26-8-9-30-17-7-6-15(11-16(17)26)34(28,29)25-33(27,14-5-3-4-13(22)10-14)19-12-18(20(23)24)32-21(19)31-2/h3-7,10-12H,8-9H2,1-2H3,(H3,23,24). The van der Waals surface area contributed by atoms with E-state index in [0.29, 0.717) is 38.1 Å². The van der Waals surface area contributed by atoms with Crippen LogP contribution >= 0.6 is 39.0 Å². The predicted octanol–water partition coefficient (Wildman–Crippen LogP) is 4.62. The molecule has 1 aliphatic rings. The molecule has 0 saturated carbocycles. The summed E-state index contributed by atoms with van der Waals surface area (Å²) in [5, 5.41) is 7.80. The third-order valence-electron chi connectivity index (χ3n) is 5.06. The summed E-state index contributed by atoms with van der Waals surface area (Å²) in [4.78, 5) is 2.65. The van der Waals surface area contributed by atoms with Gasteiger partial charge in [0, 0.05) is 11.5 Å². The van der Waals surface area contributed by atoms with Gasteiger partial charge < -0.3 is 15.4 Å². The number of thioether (sulfide) groups is 1. The number of hydrogen-bond acceptors (Lipinski definition) is 8. The number of ether oxygens (including phenoxy) is 1. The van der Waals surface area contributed by atoms with E-state index in [1.165, 1.54) is 41.3 Å². The fourth-order valence-corrected chi connectivity index (χ4v) is 10.5. The van der Waals surface area contributed by atoms with Gasteiger partial charge in [0.2, 0.25) is 0 Å². The van der Waals surface area contributed by atoms with Crippen LogP contribution in [0.15, 0.2) is 75.7 Å². The molecule has 0 radical (unpaired) electrons. The number of fused-ring (bicyclic) bond motifs is 1. The maximum atomic E-state index is 14.6. The number of sulfonamides is 1. The average molecular weight is 602 g/mol. The summed E-state index contributed by atoms with van der Waals surface area (Å²) in [5.41, 5.74) is 6.29. The lowest BCUT2D eigenvalue weighted by Gasteiger charge is -2.27. The van der Waals surface area contributed by atoms with E-state index in [4.69, 9.17) is 15.9 Å². The summed E-state index contributed by atoms with van der Waals surface area (Å²) in [5.74, 6) is 0.386. The number of nitrogens with zero attached hydrogens (tertiary/aromatic N) is 2. The third-order valence-corrected chi connectivity index (χ3v) is 12.4. The Bertz CT molecular complexity index is 1510. The molecule has 2 aromatic carbocycles. The predicted molar refractivity (Wildman–Crippen MR) is 141 cm³/mol. The quantitative estimate of drug-likeness (QED) is 0.240. The molecule has 0 saturated heterocycles. The van der Waals surface area contributed by atoms with Crippen molar-refractivity contribution < 1.29 is 17.4 Å². The summed E-state index contributed by atoms with van der Waals surface area (Å²) in [7, 11) is -6.18. The summed E-state index contributed by atoms with van der Waals surface area (Å²) >= 11 is 5.85. The van der Waals surface area contributed by atoms with E-state index < -0.39 is 19.8 Å². The molecule has 34 heavy (non-hydrogen) atoms. The van der Waals surface area contributed by atoms with Crippen LogP contribution in [-0.2, 0) is 19.8 Å². The molecule has 3 N–H and O–H groups in total. The van der Waals surface area contributed by atoms with Crippen molar-refractivity contribution >= 4 is 70.3 Å². The molecule has 0 amide bonds. The van der Waals surface area contributed by atoms with E-state index in [1.807, 2.05) is 11.9 Å². The van der Waals surface area contributed by atoms with Crippen molar-refractivity contribution in [3.63, 3.8) is 0 Å². The van der Waals surface area contributed by atoms with Gasteiger partial charge in [0.25, 0.3) is 10.0 Å². The first kappa shape index (κ1) is 25.0. The number of likely N-dealkylation sites (N-methyl/N-ethyl adjacent to an activating group) is 1. The van der Waals surface area contributed by atoms with Crippen LogP contribution in [-0.4, -0.2) is 44.9 Å². The van der Waals surface area contributed by atoms with Crippen LogP contribution in [0.1, 0.15) is 4.88 Å². The first-order valence-corrected chi connectivity index (χ1v) is 15.6. The molecule has 0 spiro atoms. The second-order valence-corrected chi connectivity index (χ2v) is 14.3. The largest absolute Gasteiger partial charge is 0.490 e. The molecule has 1 unspecified atom stereocenters. The van der Waals surface area contributed by atoms with Crippen LogP contribution in [0, 0.1) is 5.41 Å². The highest BCUT2D eigenvalue weighted by atomic mass is 79.9. The molecule has 180 valence electrons. The van der Waals surface area contributed by atoms with Crippen LogP contribution < -0.4 is 15.4 Å². The van der Waals surface area contributed by atoms with E-state index in [0.717, 1.165) is 0 Å². The van der Waals surface area contributed by atoms with Crippen molar-refractivity contribution in [1.29, 1.82) is 5.41 Å². The lowest BCUT2D eigenvalue weighted by atomic mass is 10.2. The minimum Gasteiger partial charge on any atom is -0.490 e. The minimum atomic E-state index is -4.36. The highest BCUT2D eigenvalue weighted by Crippen LogP contribution is 2.40. The topological polar surface area (TPSA) is 126 Å². The molecule has 4 rings (SSSR count). The van der Waals surface area contributed by atoms with E-state index in [1.54, 1.807) is 36.6 Å². The maximum Gasteiger partial charge on any atom is 0.290 e. The van der Waals surface area contributed by atoms with Gasteiger partial charge in [-0.2, -0.15) is 8.42 Å².